The normalized spacial score (nSPS) is 24.4. The van der Waals surface area contributed by atoms with Crippen molar-refractivity contribution in [2.75, 3.05) is 38.1 Å². The number of anilines is 1. The molecule has 3 atom stereocenters. The number of carbonyl (C=O) groups is 2. The summed E-state index contributed by atoms with van der Waals surface area (Å²) in [6, 6.07) is 4.63. The summed E-state index contributed by atoms with van der Waals surface area (Å²) in [5, 5.41) is 18.0. The molecule has 2 heterocycles. The molecular formula is C21H31FN4O4. The van der Waals surface area contributed by atoms with E-state index >= 15 is 0 Å². The minimum absolute atomic E-state index is 0.0589. The van der Waals surface area contributed by atoms with E-state index in [9.17, 15) is 19.1 Å². The van der Waals surface area contributed by atoms with Crippen molar-refractivity contribution in [1.29, 1.82) is 0 Å². The first-order valence-corrected chi connectivity index (χ1v) is 10.6. The third-order valence-electron chi connectivity index (χ3n) is 5.58. The van der Waals surface area contributed by atoms with Crippen LogP contribution in [0.4, 0.5) is 14.9 Å². The monoisotopic (exact) mass is 422 g/mol. The maximum atomic E-state index is 13.0. The summed E-state index contributed by atoms with van der Waals surface area (Å²) in [6.45, 7) is 3.44. The number of hydrogen-bond acceptors (Lipinski definition) is 5. The van der Waals surface area contributed by atoms with E-state index in [1.54, 1.807) is 0 Å². The lowest BCUT2D eigenvalue weighted by atomic mass is 9.97. The highest BCUT2D eigenvalue weighted by molar-refractivity contribution is 5.89. The number of benzene rings is 1. The van der Waals surface area contributed by atoms with Gasteiger partial charge in [0.2, 0.25) is 5.91 Å². The Morgan fingerprint density at radius 3 is 2.60 bits per heavy atom. The molecule has 2 fully saturated rings. The summed E-state index contributed by atoms with van der Waals surface area (Å²) in [7, 11) is 0. The van der Waals surface area contributed by atoms with Crippen LogP contribution < -0.4 is 16.0 Å². The fourth-order valence-electron chi connectivity index (χ4n) is 3.95. The van der Waals surface area contributed by atoms with Gasteiger partial charge in [-0.3, -0.25) is 4.79 Å². The molecule has 166 valence electrons. The zero-order valence-electron chi connectivity index (χ0n) is 17.1. The van der Waals surface area contributed by atoms with Crippen LogP contribution in [0.15, 0.2) is 24.3 Å². The van der Waals surface area contributed by atoms with Crippen molar-refractivity contribution in [3.05, 3.63) is 30.1 Å². The number of carbonyl (C=O) groups excluding carboxylic acids is 2. The second-order valence-corrected chi connectivity index (χ2v) is 7.87. The average molecular weight is 423 g/mol. The molecular weight excluding hydrogens is 391 g/mol. The van der Waals surface area contributed by atoms with E-state index in [1.165, 1.54) is 37.1 Å². The smallest absolute Gasteiger partial charge is 0.319 e. The first kappa shape index (κ1) is 22.5. The molecule has 0 aliphatic carbocycles. The Labute approximate surface area is 176 Å². The number of hydrogen-bond donors (Lipinski definition) is 4. The highest BCUT2D eigenvalue weighted by Crippen LogP contribution is 2.22. The van der Waals surface area contributed by atoms with E-state index < -0.39 is 12.1 Å². The van der Waals surface area contributed by atoms with Crippen LogP contribution in [0.25, 0.3) is 0 Å². The molecule has 8 nitrogen and oxygen atoms in total. The van der Waals surface area contributed by atoms with Crippen LogP contribution in [0.5, 0.6) is 0 Å². The quantitative estimate of drug-likeness (QED) is 0.508. The van der Waals surface area contributed by atoms with Crippen molar-refractivity contribution in [2.45, 2.75) is 50.4 Å². The third-order valence-corrected chi connectivity index (χ3v) is 5.58. The Kier molecular flexibility index (Phi) is 8.41. The third kappa shape index (κ3) is 6.93. The molecule has 9 heteroatoms. The lowest BCUT2D eigenvalue weighted by Gasteiger charge is -2.36. The molecule has 0 spiro atoms. The topological polar surface area (TPSA) is 103 Å². The molecule has 1 aromatic rings. The highest BCUT2D eigenvalue weighted by Gasteiger charge is 2.32. The first-order chi connectivity index (χ1) is 14.5. The Bertz CT molecular complexity index is 697. The van der Waals surface area contributed by atoms with Crippen LogP contribution in [0.3, 0.4) is 0 Å². The molecule has 0 bridgehead atoms. The summed E-state index contributed by atoms with van der Waals surface area (Å²) in [5.74, 6) is -0.440. The van der Waals surface area contributed by atoms with Gasteiger partial charge in [-0.2, -0.15) is 0 Å². The zero-order chi connectivity index (χ0) is 21.3. The molecule has 2 aliphatic heterocycles. The Morgan fingerprint density at radius 2 is 1.90 bits per heavy atom. The van der Waals surface area contributed by atoms with Crippen molar-refractivity contribution in [3.63, 3.8) is 0 Å². The van der Waals surface area contributed by atoms with Gasteiger partial charge >= 0.3 is 6.03 Å². The van der Waals surface area contributed by atoms with Crippen molar-refractivity contribution in [3.8, 4) is 0 Å². The fraction of sp³-hybridized carbons (Fsp3) is 0.619. The van der Waals surface area contributed by atoms with E-state index in [0.717, 1.165) is 19.6 Å². The van der Waals surface area contributed by atoms with E-state index in [-0.39, 0.29) is 36.9 Å². The number of urea groups is 1. The molecule has 3 amide bonds. The predicted octanol–water partition coefficient (Wildman–Crippen LogP) is 1.46. The molecule has 0 unspecified atom stereocenters. The van der Waals surface area contributed by atoms with Gasteiger partial charge in [0.25, 0.3) is 0 Å². The van der Waals surface area contributed by atoms with Crippen molar-refractivity contribution in [1.82, 2.24) is 15.5 Å². The molecule has 2 aliphatic rings. The number of rotatable bonds is 8. The molecule has 3 rings (SSSR count). The van der Waals surface area contributed by atoms with Gasteiger partial charge < -0.3 is 30.7 Å². The summed E-state index contributed by atoms with van der Waals surface area (Å²) in [5.41, 5.74) is 0.467. The van der Waals surface area contributed by atoms with Crippen LogP contribution in [0, 0.1) is 5.82 Å². The largest absolute Gasteiger partial charge is 0.394 e. The molecule has 2 saturated heterocycles. The summed E-state index contributed by atoms with van der Waals surface area (Å²) < 4.78 is 18.8. The second-order valence-electron chi connectivity index (χ2n) is 7.87. The second kappa shape index (κ2) is 11.2. The Balaban J connectivity index is 1.38. The summed E-state index contributed by atoms with van der Waals surface area (Å²) >= 11 is 0. The summed E-state index contributed by atoms with van der Waals surface area (Å²) in [4.78, 5) is 26.7. The number of ether oxygens (including phenoxy) is 1. The van der Waals surface area contributed by atoms with E-state index in [2.05, 4.69) is 20.9 Å². The maximum absolute atomic E-state index is 13.0. The SMILES string of the molecule is O=C(C[C@@H]1CC[C@@H](NC(=O)Nc2ccc(F)cc2)[C@H](CO)O1)NCCN1CCCC1. The van der Waals surface area contributed by atoms with Crippen LogP contribution in [-0.4, -0.2) is 73.0 Å². The standard InChI is InChI=1S/C21H31FN4O4/c22-15-3-5-16(6-4-15)24-21(29)25-18-8-7-17(30-19(18)14-27)13-20(28)23-9-12-26-10-1-2-11-26/h3-6,17-19,27H,1-2,7-14H2,(H,23,28)(H2,24,25,29)/t17-,18+,19-/m0/s1. The number of likely N-dealkylation sites (tertiary alicyclic amines) is 1. The number of nitrogens with one attached hydrogen (secondary N) is 3. The minimum atomic E-state index is -0.583. The van der Waals surface area contributed by atoms with Gasteiger partial charge in [-0.15, -0.1) is 0 Å². The molecule has 4 N–H and O–H groups in total. The van der Waals surface area contributed by atoms with Crippen molar-refractivity contribution < 1.29 is 23.8 Å². The fourth-order valence-corrected chi connectivity index (χ4v) is 3.95. The van der Waals surface area contributed by atoms with Gasteiger partial charge in [0.15, 0.2) is 0 Å². The Hall–Kier alpha value is -2.23. The van der Waals surface area contributed by atoms with Gasteiger partial charge in [0, 0.05) is 18.8 Å². The van der Waals surface area contributed by atoms with Crippen LogP contribution >= 0.6 is 0 Å². The number of halogens is 1. The van der Waals surface area contributed by atoms with Gasteiger partial charge in [0.1, 0.15) is 11.9 Å². The molecule has 1 aromatic carbocycles. The van der Waals surface area contributed by atoms with E-state index in [4.69, 9.17) is 4.74 Å². The molecule has 0 radical (unpaired) electrons. The number of nitrogens with zero attached hydrogens (tertiary/aromatic N) is 1. The lowest BCUT2D eigenvalue weighted by Crippen LogP contribution is -2.52. The molecule has 0 aromatic heterocycles. The van der Waals surface area contributed by atoms with Crippen LogP contribution in [0.1, 0.15) is 32.1 Å². The zero-order valence-corrected chi connectivity index (χ0v) is 17.1. The minimum Gasteiger partial charge on any atom is -0.394 e. The lowest BCUT2D eigenvalue weighted by molar-refractivity contribution is -0.130. The van der Waals surface area contributed by atoms with Crippen molar-refractivity contribution >= 4 is 17.6 Å². The van der Waals surface area contributed by atoms with E-state index in [1.807, 2.05) is 0 Å². The van der Waals surface area contributed by atoms with Gasteiger partial charge in [0.05, 0.1) is 25.2 Å². The number of aliphatic hydroxyl groups is 1. The molecule has 0 saturated carbocycles. The molecule has 30 heavy (non-hydrogen) atoms. The number of amides is 3. The first-order valence-electron chi connectivity index (χ1n) is 10.6. The maximum Gasteiger partial charge on any atom is 0.319 e. The van der Waals surface area contributed by atoms with Crippen molar-refractivity contribution in [2.24, 2.45) is 0 Å². The Morgan fingerprint density at radius 1 is 1.17 bits per heavy atom. The number of aliphatic hydroxyl groups excluding tert-OH is 1. The van der Waals surface area contributed by atoms with Gasteiger partial charge in [-0.05, 0) is 63.0 Å². The van der Waals surface area contributed by atoms with Crippen LogP contribution in [0.2, 0.25) is 0 Å². The summed E-state index contributed by atoms with van der Waals surface area (Å²) in [6.07, 6.45) is 3.02. The predicted molar refractivity (Wildman–Crippen MR) is 111 cm³/mol. The van der Waals surface area contributed by atoms with Crippen LogP contribution in [-0.2, 0) is 9.53 Å². The average Bonchev–Trinajstić information content (AvgIpc) is 3.24. The van der Waals surface area contributed by atoms with Gasteiger partial charge in [-0.1, -0.05) is 0 Å². The van der Waals surface area contributed by atoms with Gasteiger partial charge in [-0.25, -0.2) is 9.18 Å². The van der Waals surface area contributed by atoms with E-state index in [0.29, 0.717) is 25.1 Å². The highest BCUT2D eigenvalue weighted by atomic mass is 19.1.